The molecule has 3 aliphatic heterocycles. The van der Waals surface area contributed by atoms with Crippen molar-refractivity contribution in [1.82, 2.24) is 5.32 Å². The minimum absolute atomic E-state index is 0.462. The molecular weight excluding hydrogens is 262 g/mol. The van der Waals surface area contributed by atoms with E-state index in [0.717, 1.165) is 44.5 Å². The largest absolute Gasteiger partial charge is 0.493 e. The number of aliphatic hydroxyl groups is 1. The summed E-state index contributed by atoms with van der Waals surface area (Å²) in [6.45, 7) is 0.817. The van der Waals surface area contributed by atoms with E-state index < -0.39 is 5.60 Å². The normalized spacial score (nSPS) is 34.3. The molecule has 0 spiro atoms. The summed E-state index contributed by atoms with van der Waals surface area (Å²) in [6, 6.07) is 7.61. The Morgan fingerprint density at radius 2 is 2.05 bits per heavy atom. The van der Waals surface area contributed by atoms with Crippen LogP contribution in [0, 0.1) is 0 Å². The minimum Gasteiger partial charge on any atom is -0.493 e. The molecular formula is C18H25NO2. The monoisotopic (exact) mass is 287 g/mol. The van der Waals surface area contributed by atoms with Gasteiger partial charge in [0, 0.05) is 18.5 Å². The number of hydrogen-bond acceptors (Lipinski definition) is 3. The molecule has 2 N–H and O–H groups in total. The lowest BCUT2D eigenvalue weighted by Crippen LogP contribution is -2.55. The van der Waals surface area contributed by atoms with Crippen molar-refractivity contribution in [2.45, 2.75) is 69.1 Å². The van der Waals surface area contributed by atoms with Gasteiger partial charge in [0.05, 0.1) is 12.2 Å². The molecule has 2 saturated heterocycles. The van der Waals surface area contributed by atoms with E-state index in [-0.39, 0.29) is 0 Å². The van der Waals surface area contributed by atoms with E-state index in [9.17, 15) is 5.11 Å². The molecule has 2 atom stereocenters. The Morgan fingerprint density at radius 1 is 1.24 bits per heavy atom. The van der Waals surface area contributed by atoms with Gasteiger partial charge in [-0.15, -0.1) is 0 Å². The van der Waals surface area contributed by atoms with Crippen LogP contribution in [-0.4, -0.2) is 29.4 Å². The van der Waals surface area contributed by atoms with Gasteiger partial charge in [0.1, 0.15) is 5.75 Å². The molecule has 4 rings (SSSR count). The van der Waals surface area contributed by atoms with Gasteiger partial charge in [-0.3, -0.25) is 0 Å². The average molecular weight is 287 g/mol. The molecule has 0 aromatic heterocycles. The van der Waals surface area contributed by atoms with Gasteiger partial charge in [0.2, 0.25) is 0 Å². The fourth-order valence-corrected chi connectivity index (χ4v) is 4.41. The van der Waals surface area contributed by atoms with Crippen LogP contribution in [0.3, 0.4) is 0 Å². The standard InChI is InChI=1S/C18H25NO2/c20-18(11-15-2-1-3-16(12-18)19-15)8-6-13-4-5-17-14(10-13)7-9-21-17/h4-5,10,15-16,19-20H,1-3,6-9,11-12H2. The Bertz CT molecular complexity index is 516. The number of hydrogen-bond donors (Lipinski definition) is 2. The van der Waals surface area contributed by atoms with Gasteiger partial charge in [-0.1, -0.05) is 18.6 Å². The highest BCUT2D eigenvalue weighted by Crippen LogP contribution is 2.36. The first-order valence-electron chi connectivity index (χ1n) is 8.43. The van der Waals surface area contributed by atoms with E-state index in [0.29, 0.717) is 12.1 Å². The van der Waals surface area contributed by atoms with Crippen molar-refractivity contribution in [2.24, 2.45) is 0 Å². The summed E-state index contributed by atoms with van der Waals surface area (Å²) >= 11 is 0. The minimum atomic E-state index is -0.462. The van der Waals surface area contributed by atoms with Crippen molar-refractivity contribution >= 4 is 0 Å². The molecule has 2 bridgehead atoms. The number of benzene rings is 1. The van der Waals surface area contributed by atoms with Gasteiger partial charge >= 0.3 is 0 Å². The lowest BCUT2D eigenvalue weighted by molar-refractivity contribution is -0.0368. The lowest BCUT2D eigenvalue weighted by atomic mass is 9.75. The Morgan fingerprint density at radius 3 is 2.86 bits per heavy atom. The summed E-state index contributed by atoms with van der Waals surface area (Å²) in [5.74, 6) is 1.05. The molecule has 0 amide bonds. The van der Waals surface area contributed by atoms with Crippen LogP contribution in [0.2, 0.25) is 0 Å². The third-order valence-corrected chi connectivity index (χ3v) is 5.46. The van der Waals surface area contributed by atoms with Crippen molar-refractivity contribution in [3.8, 4) is 5.75 Å². The smallest absolute Gasteiger partial charge is 0.122 e. The number of rotatable bonds is 3. The molecule has 21 heavy (non-hydrogen) atoms. The SMILES string of the molecule is OC1(CCc2ccc3c(c2)CCO3)CC2CCCC(C1)N2. The second kappa shape index (κ2) is 5.29. The zero-order valence-electron chi connectivity index (χ0n) is 12.6. The molecule has 0 radical (unpaired) electrons. The summed E-state index contributed by atoms with van der Waals surface area (Å²) in [5, 5.41) is 14.6. The topological polar surface area (TPSA) is 41.5 Å². The maximum atomic E-state index is 11.0. The van der Waals surface area contributed by atoms with Crippen molar-refractivity contribution in [3.05, 3.63) is 29.3 Å². The first kappa shape index (κ1) is 13.6. The van der Waals surface area contributed by atoms with Crippen LogP contribution in [0.15, 0.2) is 18.2 Å². The second-order valence-corrected chi connectivity index (χ2v) is 7.16. The van der Waals surface area contributed by atoms with Crippen LogP contribution in [0.5, 0.6) is 5.75 Å². The number of piperidine rings is 2. The third kappa shape index (κ3) is 2.82. The number of fused-ring (bicyclic) bond motifs is 3. The average Bonchev–Trinajstić information content (AvgIpc) is 2.92. The first-order chi connectivity index (χ1) is 10.2. The Balaban J connectivity index is 1.41. The number of aryl methyl sites for hydroxylation is 1. The molecule has 3 nitrogen and oxygen atoms in total. The molecule has 0 aliphatic carbocycles. The maximum Gasteiger partial charge on any atom is 0.122 e. The van der Waals surface area contributed by atoms with E-state index in [2.05, 4.69) is 23.5 Å². The van der Waals surface area contributed by atoms with Crippen LogP contribution >= 0.6 is 0 Å². The van der Waals surface area contributed by atoms with Crippen LogP contribution in [0.25, 0.3) is 0 Å². The van der Waals surface area contributed by atoms with E-state index in [4.69, 9.17) is 4.74 Å². The summed E-state index contributed by atoms with van der Waals surface area (Å²) in [6.07, 6.45) is 8.54. The van der Waals surface area contributed by atoms with Gasteiger partial charge in [0.25, 0.3) is 0 Å². The molecule has 3 heterocycles. The van der Waals surface area contributed by atoms with Crippen molar-refractivity contribution < 1.29 is 9.84 Å². The number of ether oxygens (including phenoxy) is 1. The van der Waals surface area contributed by atoms with Crippen LogP contribution < -0.4 is 10.1 Å². The summed E-state index contributed by atoms with van der Waals surface area (Å²) < 4.78 is 5.56. The Hall–Kier alpha value is -1.06. The highest BCUT2D eigenvalue weighted by atomic mass is 16.5. The third-order valence-electron chi connectivity index (χ3n) is 5.46. The fourth-order valence-electron chi connectivity index (χ4n) is 4.41. The summed E-state index contributed by atoms with van der Waals surface area (Å²) in [7, 11) is 0. The Kier molecular flexibility index (Phi) is 3.43. The molecule has 2 unspecified atom stereocenters. The maximum absolute atomic E-state index is 11.0. The van der Waals surface area contributed by atoms with Gasteiger partial charge < -0.3 is 15.2 Å². The molecule has 3 aliphatic rings. The van der Waals surface area contributed by atoms with Gasteiger partial charge in [-0.2, -0.15) is 0 Å². The second-order valence-electron chi connectivity index (χ2n) is 7.16. The van der Waals surface area contributed by atoms with Gasteiger partial charge in [0.15, 0.2) is 0 Å². The van der Waals surface area contributed by atoms with E-state index in [1.807, 2.05) is 0 Å². The highest BCUT2D eigenvalue weighted by molar-refractivity contribution is 5.39. The highest BCUT2D eigenvalue weighted by Gasteiger charge is 2.40. The van der Waals surface area contributed by atoms with E-state index in [1.165, 1.54) is 30.4 Å². The Labute approximate surface area is 126 Å². The molecule has 0 saturated carbocycles. The molecule has 3 heteroatoms. The number of nitrogens with one attached hydrogen (secondary N) is 1. The predicted molar refractivity (Wildman–Crippen MR) is 82.7 cm³/mol. The van der Waals surface area contributed by atoms with Crippen molar-refractivity contribution in [2.75, 3.05) is 6.61 Å². The predicted octanol–water partition coefficient (Wildman–Crippen LogP) is 2.59. The van der Waals surface area contributed by atoms with Gasteiger partial charge in [-0.05, 0) is 55.7 Å². The quantitative estimate of drug-likeness (QED) is 0.898. The van der Waals surface area contributed by atoms with Crippen LogP contribution in [-0.2, 0) is 12.8 Å². The molecule has 2 fully saturated rings. The fraction of sp³-hybridized carbons (Fsp3) is 0.667. The zero-order valence-corrected chi connectivity index (χ0v) is 12.6. The van der Waals surface area contributed by atoms with Gasteiger partial charge in [-0.25, -0.2) is 0 Å². The van der Waals surface area contributed by atoms with E-state index >= 15 is 0 Å². The van der Waals surface area contributed by atoms with Crippen molar-refractivity contribution in [3.63, 3.8) is 0 Å². The van der Waals surface area contributed by atoms with Crippen molar-refractivity contribution in [1.29, 1.82) is 0 Å². The van der Waals surface area contributed by atoms with E-state index in [1.54, 1.807) is 0 Å². The first-order valence-corrected chi connectivity index (χ1v) is 8.43. The van der Waals surface area contributed by atoms with Crippen LogP contribution in [0.1, 0.15) is 49.7 Å². The summed E-state index contributed by atoms with van der Waals surface area (Å²) in [5.41, 5.74) is 2.22. The molecule has 1 aromatic rings. The lowest BCUT2D eigenvalue weighted by Gasteiger charge is -2.45. The molecule has 114 valence electrons. The zero-order chi connectivity index (χ0) is 14.3. The van der Waals surface area contributed by atoms with Crippen LogP contribution in [0.4, 0.5) is 0 Å². The summed E-state index contributed by atoms with van der Waals surface area (Å²) in [4.78, 5) is 0. The molecule has 1 aromatic carbocycles.